The molecule has 0 saturated heterocycles. The van der Waals surface area contributed by atoms with Crippen molar-refractivity contribution >= 4 is 0 Å². The van der Waals surface area contributed by atoms with E-state index in [2.05, 4.69) is 17.4 Å². The molecule has 0 unspecified atom stereocenters. The van der Waals surface area contributed by atoms with E-state index in [0.29, 0.717) is 12.3 Å². The zero-order valence-electron chi connectivity index (χ0n) is 11.6. The summed E-state index contributed by atoms with van der Waals surface area (Å²) in [6.45, 7) is 0.623. The van der Waals surface area contributed by atoms with Crippen molar-refractivity contribution in [2.45, 2.75) is 25.8 Å². The predicted octanol–water partition coefficient (Wildman–Crippen LogP) is 3.83. The molecule has 0 spiro atoms. The zero-order chi connectivity index (χ0) is 13.9. The van der Waals surface area contributed by atoms with Gasteiger partial charge in [-0.3, -0.25) is 0 Å². The average Bonchev–Trinajstić information content (AvgIpc) is 2.85. The first kappa shape index (κ1) is 13.1. The van der Waals surface area contributed by atoms with Gasteiger partial charge in [0.1, 0.15) is 17.3 Å². The largest absolute Gasteiger partial charge is 0.457 e. The molecule has 0 fully saturated rings. The van der Waals surface area contributed by atoms with Crippen molar-refractivity contribution in [3.63, 3.8) is 0 Å². The monoisotopic (exact) mass is 271 g/mol. The van der Waals surface area contributed by atoms with Gasteiger partial charge in [-0.05, 0) is 67.3 Å². The van der Waals surface area contributed by atoms with Crippen molar-refractivity contribution in [3.05, 3.63) is 58.9 Å². The molecule has 20 heavy (non-hydrogen) atoms. The van der Waals surface area contributed by atoms with Crippen molar-refractivity contribution in [2.75, 3.05) is 7.05 Å². The molecule has 104 valence electrons. The molecule has 2 nitrogen and oxygen atoms in total. The molecule has 3 rings (SSSR count). The minimum atomic E-state index is -0.270. The van der Waals surface area contributed by atoms with Crippen LogP contribution in [0, 0.1) is 5.82 Å². The third-order valence-electron chi connectivity index (χ3n) is 3.62. The van der Waals surface area contributed by atoms with Crippen LogP contribution in [0.5, 0.6) is 11.5 Å². The average molecular weight is 271 g/mol. The standard InChI is InChI=1S/C17H18FNO/c1-19-11-12-7-15(18)10-17(8-12)20-16-6-5-13-3-2-4-14(13)9-16/h5-10,19H,2-4,11H2,1H3. The summed E-state index contributed by atoms with van der Waals surface area (Å²) in [5.41, 5.74) is 3.64. The topological polar surface area (TPSA) is 21.3 Å². The maximum absolute atomic E-state index is 13.6. The van der Waals surface area contributed by atoms with Crippen LogP contribution in [0.1, 0.15) is 23.1 Å². The van der Waals surface area contributed by atoms with Gasteiger partial charge in [-0.15, -0.1) is 0 Å². The van der Waals surface area contributed by atoms with Crippen molar-refractivity contribution in [1.82, 2.24) is 5.32 Å². The molecule has 0 radical (unpaired) electrons. The Bertz CT molecular complexity index is 624. The summed E-state index contributed by atoms with van der Waals surface area (Å²) in [4.78, 5) is 0. The van der Waals surface area contributed by atoms with Crippen LogP contribution in [0.2, 0.25) is 0 Å². The van der Waals surface area contributed by atoms with Gasteiger partial charge in [0, 0.05) is 12.6 Å². The van der Waals surface area contributed by atoms with Gasteiger partial charge in [0.25, 0.3) is 0 Å². The number of ether oxygens (including phenoxy) is 1. The first-order chi connectivity index (χ1) is 9.74. The Morgan fingerprint density at radius 2 is 1.90 bits per heavy atom. The number of hydrogen-bond acceptors (Lipinski definition) is 2. The fraction of sp³-hybridized carbons (Fsp3) is 0.294. The van der Waals surface area contributed by atoms with Gasteiger partial charge in [0.15, 0.2) is 0 Å². The Hall–Kier alpha value is -1.87. The Morgan fingerprint density at radius 3 is 2.75 bits per heavy atom. The number of aryl methyl sites for hydroxylation is 2. The number of fused-ring (bicyclic) bond motifs is 1. The Balaban J connectivity index is 1.83. The second kappa shape index (κ2) is 5.63. The van der Waals surface area contributed by atoms with Gasteiger partial charge in [0.05, 0.1) is 0 Å². The van der Waals surface area contributed by atoms with Gasteiger partial charge in [0.2, 0.25) is 0 Å². The lowest BCUT2D eigenvalue weighted by Crippen LogP contribution is -2.05. The highest BCUT2D eigenvalue weighted by atomic mass is 19.1. The van der Waals surface area contributed by atoms with Gasteiger partial charge in [-0.1, -0.05) is 6.07 Å². The summed E-state index contributed by atoms with van der Waals surface area (Å²) < 4.78 is 19.4. The number of hydrogen-bond donors (Lipinski definition) is 1. The van der Waals surface area contributed by atoms with Crippen LogP contribution >= 0.6 is 0 Å². The summed E-state index contributed by atoms with van der Waals surface area (Å²) in [7, 11) is 1.84. The summed E-state index contributed by atoms with van der Waals surface area (Å²) in [6.07, 6.45) is 3.48. The van der Waals surface area contributed by atoms with E-state index in [1.807, 2.05) is 19.2 Å². The molecule has 2 aromatic carbocycles. The fourth-order valence-electron chi connectivity index (χ4n) is 2.73. The van der Waals surface area contributed by atoms with E-state index in [1.54, 1.807) is 0 Å². The molecule has 0 amide bonds. The second-order valence-corrected chi connectivity index (χ2v) is 5.21. The molecule has 0 atom stereocenters. The smallest absolute Gasteiger partial charge is 0.130 e. The molecule has 3 heteroatoms. The van der Waals surface area contributed by atoms with Crippen LogP contribution in [0.25, 0.3) is 0 Å². The lowest BCUT2D eigenvalue weighted by Gasteiger charge is -2.10. The minimum absolute atomic E-state index is 0.270. The van der Waals surface area contributed by atoms with E-state index in [9.17, 15) is 4.39 Å². The normalized spacial score (nSPS) is 13.3. The van der Waals surface area contributed by atoms with Gasteiger partial charge in [-0.2, -0.15) is 0 Å². The lowest BCUT2D eigenvalue weighted by atomic mass is 10.1. The highest BCUT2D eigenvalue weighted by Gasteiger charge is 2.12. The fourth-order valence-corrected chi connectivity index (χ4v) is 2.73. The molecule has 2 aromatic rings. The molecule has 0 heterocycles. The van der Waals surface area contributed by atoms with E-state index in [4.69, 9.17) is 4.74 Å². The van der Waals surface area contributed by atoms with E-state index in [0.717, 1.165) is 24.2 Å². The van der Waals surface area contributed by atoms with E-state index < -0.39 is 0 Å². The highest BCUT2D eigenvalue weighted by molar-refractivity contribution is 5.41. The molecule has 0 aliphatic heterocycles. The van der Waals surface area contributed by atoms with Crippen LogP contribution in [0.3, 0.4) is 0 Å². The van der Waals surface area contributed by atoms with Gasteiger partial charge in [-0.25, -0.2) is 4.39 Å². The SMILES string of the molecule is CNCc1cc(F)cc(Oc2ccc3c(c2)CCC3)c1. The molecule has 1 aliphatic carbocycles. The third kappa shape index (κ3) is 2.83. The van der Waals surface area contributed by atoms with E-state index >= 15 is 0 Å². The number of nitrogens with one attached hydrogen (secondary N) is 1. The molecule has 1 N–H and O–H groups in total. The predicted molar refractivity (Wildman–Crippen MR) is 77.7 cm³/mol. The van der Waals surface area contributed by atoms with Crippen molar-refractivity contribution in [1.29, 1.82) is 0 Å². The summed E-state index contributed by atoms with van der Waals surface area (Å²) in [6, 6.07) is 11.0. The first-order valence-electron chi connectivity index (χ1n) is 6.98. The van der Waals surface area contributed by atoms with E-state index in [-0.39, 0.29) is 5.82 Å². The first-order valence-corrected chi connectivity index (χ1v) is 6.98. The second-order valence-electron chi connectivity index (χ2n) is 5.21. The Kier molecular flexibility index (Phi) is 3.70. The number of halogens is 1. The summed E-state index contributed by atoms with van der Waals surface area (Å²) >= 11 is 0. The quantitative estimate of drug-likeness (QED) is 0.912. The maximum Gasteiger partial charge on any atom is 0.130 e. The number of rotatable bonds is 4. The maximum atomic E-state index is 13.6. The molecular weight excluding hydrogens is 253 g/mol. The molecule has 0 aromatic heterocycles. The van der Waals surface area contributed by atoms with Crippen LogP contribution in [-0.2, 0) is 19.4 Å². The van der Waals surface area contributed by atoms with Crippen LogP contribution in [0.4, 0.5) is 4.39 Å². The third-order valence-corrected chi connectivity index (χ3v) is 3.62. The molecule has 0 saturated carbocycles. The Labute approximate surface area is 118 Å². The summed E-state index contributed by atoms with van der Waals surface area (Å²) in [5, 5.41) is 3.01. The van der Waals surface area contributed by atoms with Crippen molar-refractivity contribution in [3.8, 4) is 11.5 Å². The van der Waals surface area contributed by atoms with Crippen LogP contribution < -0.4 is 10.1 Å². The van der Waals surface area contributed by atoms with E-state index in [1.165, 1.54) is 29.7 Å². The molecular formula is C17H18FNO. The van der Waals surface area contributed by atoms with Crippen LogP contribution in [0.15, 0.2) is 36.4 Å². The Morgan fingerprint density at radius 1 is 1.05 bits per heavy atom. The minimum Gasteiger partial charge on any atom is -0.457 e. The number of benzene rings is 2. The van der Waals surface area contributed by atoms with Gasteiger partial charge >= 0.3 is 0 Å². The molecule has 1 aliphatic rings. The van der Waals surface area contributed by atoms with Crippen LogP contribution in [-0.4, -0.2) is 7.05 Å². The van der Waals surface area contributed by atoms with Gasteiger partial charge < -0.3 is 10.1 Å². The lowest BCUT2D eigenvalue weighted by molar-refractivity contribution is 0.475. The van der Waals surface area contributed by atoms with Crippen molar-refractivity contribution in [2.24, 2.45) is 0 Å². The zero-order valence-corrected chi connectivity index (χ0v) is 11.6. The highest BCUT2D eigenvalue weighted by Crippen LogP contribution is 2.29. The molecule has 0 bridgehead atoms. The van der Waals surface area contributed by atoms with Crippen molar-refractivity contribution < 1.29 is 9.13 Å². The summed E-state index contributed by atoms with van der Waals surface area (Å²) in [5.74, 6) is 1.06.